The molecule has 0 N–H and O–H groups in total. The van der Waals surface area contributed by atoms with Crippen molar-refractivity contribution in [2.45, 2.75) is 67.9 Å². The molecule has 0 saturated heterocycles. The zero-order valence-corrected chi connectivity index (χ0v) is 19.3. The molecule has 1 rings (SSSR count). The Bertz CT molecular complexity index is 718. The Morgan fingerprint density at radius 3 is 2.14 bits per heavy atom. The second kappa shape index (κ2) is 10.3. The van der Waals surface area contributed by atoms with Crippen molar-refractivity contribution in [3.63, 3.8) is 0 Å². The third kappa shape index (κ3) is 9.58. The molecular formula is C22H37NO4S. The summed E-state index contributed by atoms with van der Waals surface area (Å²) in [6, 6.07) is 6.92. The first kappa shape index (κ1) is 24.5. The molecule has 0 saturated carbocycles. The van der Waals surface area contributed by atoms with Gasteiger partial charge in [-0.3, -0.25) is 4.79 Å². The van der Waals surface area contributed by atoms with Crippen LogP contribution in [0.1, 0.15) is 66.9 Å². The van der Waals surface area contributed by atoms with Gasteiger partial charge in [-0.1, -0.05) is 53.7 Å². The maximum absolute atomic E-state index is 12.9. The number of carbonyl (C=O) groups excluding carboxylic acids is 1. The van der Waals surface area contributed by atoms with Crippen LogP contribution < -0.4 is 4.18 Å². The van der Waals surface area contributed by atoms with Crippen LogP contribution in [0.15, 0.2) is 24.3 Å². The fraction of sp³-hybridized carbons (Fsp3) is 0.682. The fourth-order valence-corrected chi connectivity index (χ4v) is 3.84. The van der Waals surface area contributed by atoms with Crippen LogP contribution in [0, 0.1) is 17.3 Å². The van der Waals surface area contributed by atoms with Gasteiger partial charge in [0.2, 0.25) is 5.91 Å². The van der Waals surface area contributed by atoms with Crippen molar-refractivity contribution in [3.8, 4) is 5.75 Å². The van der Waals surface area contributed by atoms with Gasteiger partial charge in [0, 0.05) is 19.5 Å². The number of hydrogen-bond acceptors (Lipinski definition) is 4. The lowest BCUT2D eigenvalue weighted by Gasteiger charge is -2.28. The van der Waals surface area contributed by atoms with E-state index in [0.717, 1.165) is 12.0 Å². The predicted octanol–water partition coefficient (Wildman–Crippen LogP) is 4.86. The smallest absolute Gasteiger partial charge is 0.308 e. The third-order valence-electron chi connectivity index (χ3n) is 4.30. The van der Waals surface area contributed by atoms with E-state index in [1.54, 1.807) is 19.1 Å². The van der Waals surface area contributed by atoms with Crippen molar-refractivity contribution in [2.24, 2.45) is 17.3 Å². The van der Waals surface area contributed by atoms with Gasteiger partial charge in [0.1, 0.15) is 5.75 Å². The van der Waals surface area contributed by atoms with Crippen LogP contribution in [-0.4, -0.2) is 31.5 Å². The number of nitrogens with zero attached hydrogens (tertiary/aromatic N) is 1. The first-order valence-corrected chi connectivity index (χ1v) is 11.7. The summed E-state index contributed by atoms with van der Waals surface area (Å²) >= 11 is 0. The van der Waals surface area contributed by atoms with Crippen molar-refractivity contribution >= 4 is 16.0 Å². The molecule has 0 unspecified atom stereocenters. The second-order valence-corrected chi connectivity index (χ2v) is 11.2. The Labute approximate surface area is 171 Å². The first-order chi connectivity index (χ1) is 12.8. The maximum atomic E-state index is 12.9. The van der Waals surface area contributed by atoms with E-state index in [2.05, 4.69) is 41.5 Å². The normalized spacial score (nSPS) is 13.4. The minimum absolute atomic E-state index is 0.0713. The first-order valence-electron chi connectivity index (χ1n) is 10.1. The van der Waals surface area contributed by atoms with Crippen LogP contribution in [0.4, 0.5) is 0 Å². The summed E-state index contributed by atoms with van der Waals surface area (Å²) in [6.45, 7) is 15.7. The van der Waals surface area contributed by atoms with Gasteiger partial charge >= 0.3 is 10.1 Å². The number of carbonyl (C=O) groups is 1. The molecule has 1 aromatic rings. The minimum Gasteiger partial charge on any atom is -0.382 e. The van der Waals surface area contributed by atoms with Crippen molar-refractivity contribution in [1.82, 2.24) is 4.90 Å². The molecule has 5 nitrogen and oxygen atoms in total. The number of amides is 1. The highest BCUT2D eigenvalue weighted by Crippen LogP contribution is 2.27. The Morgan fingerprint density at radius 1 is 1.11 bits per heavy atom. The fourth-order valence-electron chi connectivity index (χ4n) is 3.32. The molecule has 0 aliphatic rings. The second-order valence-electron chi connectivity index (χ2n) is 9.32. The summed E-state index contributed by atoms with van der Waals surface area (Å²) in [5, 5.41) is 0. The monoisotopic (exact) mass is 411 g/mol. The van der Waals surface area contributed by atoms with Gasteiger partial charge in [-0.05, 0) is 48.3 Å². The minimum atomic E-state index is -3.53. The average molecular weight is 412 g/mol. The Hall–Kier alpha value is -1.56. The SMILES string of the molecule is CCS(=O)(=O)Oc1ccc(CN(CC(C)C)C(=O)C[C@@H](C)CC(C)(C)C)cc1. The van der Waals surface area contributed by atoms with E-state index in [-0.39, 0.29) is 17.1 Å². The summed E-state index contributed by atoms with van der Waals surface area (Å²) < 4.78 is 28.2. The van der Waals surface area contributed by atoms with Crippen LogP contribution in [-0.2, 0) is 21.5 Å². The summed E-state index contributed by atoms with van der Waals surface area (Å²) in [5.74, 6) is 1.10. The lowest BCUT2D eigenvalue weighted by molar-refractivity contribution is -0.133. The van der Waals surface area contributed by atoms with E-state index in [9.17, 15) is 13.2 Å². The maximum Gasteiger partial charge on any atom is 0.308 e. The van der Waals surface area contributed by atoms with Gasteiger partial charge < -0.3 is 9.08 Å². The molecule has 0 aliphatic heterocycles. The van der Waals surface area contributed by atoms with Crippen molar-refractivity contribution in [2.75, 3.05) is 12.3 Å². The topological polar surface area (TPSA) is 63.7 Å². The molecule has 0 spiro atoms. The molecule has 0 aliphatic carbocycles. The van der Waals surface area contributed by atoms with Gasteiger partial charge in [0.15, 0.2) is 0 Å². The van der Waals surface area contributed by atoms with E-state index in [4.69, 9.17) is 4.18 Å². The molecule has 1 amide bonds. The van der Waals surface area contributed by atoms with Crippen LogP contribution in [0.5, 0.6) is 5.75 Å². The lowest BCUT2D eigenvalue weighted by Crippen LogP contribution is -2.35. The van der Waals surface area contributed by atoms with Gasteiger partial charge in [-0.2, -0.15) is 8.42 Å². The Balaban J connectivity index is 2.81. The van der Waals surface area contributed by atoms with Crippen molar-refractivity contribution in [1.29, 1.82) is 0 Å². The standard InChI is InChI=1S/C22H37NO4S/c1-8-28(25,26)27-20-11-9-19(10-12-20)16-23(15-17(2)3)21(24)13-18(4)14-22(5,6)7/h9-12,17-18H,8,13-16H2,1-7H3/t18-/m1/s1. The van der Waals surface area contributed by atoms with Crippen LogP contribution in [0.25, 0.3) is 0 Å². The third-order valence-corrected chi connectivity index (χ3v) is 5.45. The van der Waals surface area contributed by atoms with E-state index in [0.29, 0.717) is 37.1 Å². The largest absolute Gasteiger partial charge is 0.382 e. The highest BCUT2D eigenvalue weighted by Gasteiger charge is 2.22. The molecule has 1 aromatic carbocycles. The van der Waals surface area contributed by atoms with E-state index >= 15 is 0 Å². The van der Waals surface area contributed by atoms with Gasteiger partial charge in [0.25, 0.3) is 0 Å². The zero-order valence-electron chi connectivity index (χ0n) is 18.5. The quantitative estimate of drug-likeness (QED) is 0.516. The molecule has 0 aromatic heterocycles. The molecule has 0 bridgehead atoms. The highest BCUT2D eigenvalue weighted by molar-refractivity contribution is 7.87. The van der Waals surface area contributed by atoms with E-state index < -0.39 is 10.1 Å². The average Bonchev–Trinajstić information content (AvgIpc) is 2.53. The number of benzene rings is 1. The molecule has 0 radical (unpaired) electrons. The number of rotatable bonds is 10. The Kier molecular flexibility index (Phi) is 8.99. The molecule has 1 atom stereocenters. The van der Waals surface area contributed by atoms with Gasteiger partial charge in [-0.15, -0.1) is 0 Å². The molecular weight excluding hydrogens is 374 g/mol. The summed E-state index contributed by atoms with van der Waals surface area (Å²) in [4.78, 5) is 14.8. The van der Waals surface area contributed by atoms with Crippen molar-refractivity contribution < 1.29 is 17.4 Å². The Morgan fingerprint density at radius 2 is 1.68 bits per heavy atom. The molecule has 160 valence electrons. The summed E-state index contributed by atoms with van der Waals surface area (Å²) in [5.41, 5.74) is 1.16. The van der Waals surface area contributed by atoms with Gasteiger partial charge in [-0.25, -0.2) is 0 Å². The number of hydrogen-bond donors (Lipinski definition) is 0. The van der Waals surface area contributed by atoms with Crippen LogP contribution >= 0.6 is 0 Å². The highest BCUT2D eigenvalue weighted by atomic mass is 32.2. The summed E-state index contributed by atoms with van der Waals surface area (Å²) in [7, 11) is -3.53. The van der Waals surface area contributed by atoms with Crippen molar-refractivity contribution in [3.05, 3.63) is 29.8 Å². The molecule has 6 heteroatoms. The molecule has 0 fully saturated rings. The predicted molar refractivity (Wildman–Crippen MR) is 115 cm³/mol. The molecule has 28 heavy (non-hydrogen) atoms. The van der Waals surface area contributed by atoms with Crippen LogP contribution in [0.2, 0.25) is 0 Å². The van der Waals surface area contributed by atoms with E-state index in [1.165, 1.54) is 0 Å². The summed E-state index contributed by atoms with van der Waals surface area (Å²) in [6.07, 6.45) is 1.55. The zero-order chi connectivity index (χ0) is 21.5. The van der Waals surface area contributed by atoms with Gasteiger partial charge in [0.05, 0.1) is 5.75 Å². The van der Waals surface area contributed by atoms with Crippen LogP contribution in [0.3, 0.4) is 0 Å². The lowest BCUT2D eigenvalue weighted by atomic mass is 9.84. The molecule has 0 heterocycles. The van der Waals surface area contributed by atoms with E-state index in [1.807, 2.05) is 17.0 Å².